The molecule has 0 aromatic heterocycles. The van der Waals surface area contributed by atoms with E-state index in [1.165, 1.54) is 0 Å². The van der Waals surface area contributed by atoms with Crippen molar-refractivity contribution < 1.29 is 17.0 Å². The van der Waals surface area contributed by atoms with Crippen molar-refractivity contribution in [1.29, 1.82) is 0 Å². The third-order valence-electron chi connectivity index (χ3n) is 3.97. The molecule has 0 saturated carbocycles. The molecule has 8 heteroatoms. The highest BCUT2D eigenvalue weighted by atomic mass is 32.2. The van der Waals surface area contributed by atoms with Crippen LogP contribution in [0.2, 0.25) is 19.6 Å². The van der Waals surface area contributed by atoms with Gasteiger partial charge in [-0.15, -0.1) is 0 Å². The van der Waals surface area contributed by atoms with Crippen molar-refractivity contribution in [3.63, 3.8) is 0 Å². The number of unbranched alkanes of at least 4 members (excludes halogenated alkanes) is 1. The Morgan fingerprint density at radius 1 is 1.04 bits per heavy atom. The Hall–Kier alpha value is 0.00688. The molecule has 0 amide bonds. The Bertz CT molecular complexity index is 638. The van der Waals surface area contributed by atoms with E-state index in [1.807, 2.05) is 30.4 Å². The van der Waals surface area contributed by atoms with Gasteiger partial charge in [0.2, 0.25) is 0 Å². The summed E-state index contributed by atoms with van der Waals surface area (Å²) in [6.45, 7) is 8.78. The smallest absolute Gasteiger partial charge is 0.296 e. The molecule has 0 saturated heterocycles. The number of aryl methyl sites for hydroxylation is 1. The van der Waals surface area contributed by atoms with E-state index in [4.69, 9.17) is 8.61 Å². The molecule has 1 unspecified atom stereocenters. The molecule has 27 heavy (non-hydrogen) atoms. The van der Waals surface area contributed by atoms with Crippen LogP contribution in [0.5, 0.6) is 0 Å². The molecule has 156 valence electrons. The molecule has 0 aliphatic heterocycles. The van der Waals surface area contributed by atoms with Gasteiger partial charge in [-0.3, -0.25) is 4.18 Å². The summed E-state index contributed by atoms with van der Waals surface area (Å²) < 4.78 is 36.5. The molecule has 1 atom stereocenters. The van der Waals surface area contributed by atoms with Crippen LogP contribution in [0.3, 0.4) is 0 Å². The van der Waals surface area contributed by atoms with Crippen LogP contribution in [0.15, 0.2) is 29.2 Å². The van der Waals surface area contributed by atoms with Gasteiger partial charge < -0.3 is 4.43 Å². The molecule has 4 nitrogen and oxygen atoms in total. The van der Waals surface area contributed by atoms with Crippen LogP contribution in [0.4, 0.5) is 0 Å². The maximum Gasteiger partial charge on any atom is 0.296 e. The predicted octanol–water partition coefficient (Wildman–Crippen LogP) is 5.53. The van der Waals surface area contributed by atoms with E-state index < -0.39 is 18.4 Å². The van der Waals surface area contributed by atoms with E-state index >= 15 is 0 Å². The van der Waals surface area contributed by atoms with Gasteiger partial charge in [-0.2, -0.15) is 31.9 Å². The standard InChI is InChI=1S/C19H34O4S3Si/c1-16-10-12-18(13-11-16)26(20,21)22-14-8-7-9-17(23-27(4,5)6)15-19(24-2)25-3/h10-13,17,19H,7-9,14-15H2,1-6H3. The second kappa shape index (κ2) is 11.9. The highest BCUT2D eigenvalue weighted by molar-refractivity contribution is 8.16. The molecule has 1 rings (SSSR count). The van der Waals surface area contributed by atoms with E-state index in [-0.39, 0.29) is 17.6 Å². The van der Waals surface area contributed by atoms with Crippen LogP contribution < -0.4 is 0 Å². The molecule has 0 spiro atoms. The van der Waals surface area contributed by atoms with E-state index in [1.54, 1.807) is 24.3 Å². The molecule has 1 aromatic rings. The van der Waals surface area contributed by atoms with Gasteiger partial charge in [0.15, 0.2) is 8.32 Å². The Labute approximate surface area is 175 Å². The third-order valence-corrected chi connectivity index (χ3v) is 8.93. The number of rotatable bonds is 13. The maximum absolute atomic E-state index is 12.2. The summed E-state index contributed by atoms with van der Waals surface area (Å²) in [5.74, 6) is 0. The molecule has 0 radical (unpaired) electrons. The number of benzene rings is 1. The zero-order chi connectivity index (χ0) is 20.5. The topological polar surface area (TPSA) is 52.6 Å². The zero-order valence-electron chi connectivity index (χ0n) is 17.4. The lowest BCUT2D eigenvalue weighted by Crippen LogP contribution is -2.33. The normalized spacial score (nSPS) is 13.9. The maximum atomic E-state index is 12.2. The van der Waals surface area contributed by atoms with Crippen LogP contribution in [-0.2, 0) is 18.7 Å². The van der Waals surface area contributed by atoms with Gasteiger partial charge in [-0.05, 0) is 76.9 Å². The molecule has 0 aliphatic rings. The summed E-state index contributed by atoms with van der Waals surface area (Å²) in [5, 5.41) is 0. The van der Waals surface area contributed by atoms with Crippen molar-refractivity contribution >= 4 is 42.0 Å². The van der Waals surface area contributed by atoms with Crippen LogP contribution >= 0.6 is 23.5 Å². The molecule has 0 bridgehead atoms. The number of thioether (sulfide) groups is 2. The number of hydrogen-bond acceptors (Lipinski definition) is 6. The van der Waals surface area contributed by atoms with Gasteiger partial charge in [-0.25, -0.2) is 0 Å². The average molecular weight is 451 g/mol. The fourth-order valence-electron chi connectivity index (χ4n) is 2.64. The predicted molar refractivity (Wildman–Crippen MR) is 122 cm³/mol. The molecular formula is C19H34O4S3Si. The first-order valence-corrected chi connectivity index (χ1v) is 16.7. The van der Waals surface area contributed by atoms with Gasteiger partial charge >= 0.3 is 0 Å². The van der Waals surface area contributed by atoms with Crippen molar-refractivity contribution in [3.05, 3.63) is 29.8 Å². The lowest BCUT2D eigenvalue weighted by molar-refractivity contribution is 0.171. The minimum absolute atomic E-state index is 0.213. The molecule has 0 N–H and O–H groups in total. The van der Waals surface area contributed by atoms with Crippen molar-refractivity contribution in [1.82, 2.24) is 0 Å². The van der Waals surface area contributed by atoms with E-state index in [2.05, 4.69) is 32.2 Å². The lowest BCUT2D eigenvalue weighted by Gasteiger charge is -2.28. The summed E-state index contributed by atoms with van der Waals surface area (Å²) >= 11 is 3.73. The largest absolute Gasteiger partial charge is 0.415 e. The van der Waals surface area contributed by atoms with Crippen LogP contribution in [-0.4, -0.2) is 46.5 Å². The first kappa shape index (κ1) is 25.0. The van der Waals surface area contributed by atoms with Crippen LogP contribution in [0, 0.1) is 6.92 Å². The minimum Gasteiger partial charge on any atom is -0.415 e. The molecule has 1 aromatic carbocycles. The Morgan fingerprint density at radius 3 is 2.15 bits per heavy atom. The summed E-state index contributed by atoms with van der Waals surface area (Å²) in [7, 11) is -5.27. The molecule has 0 aliphatic carbocycles. The molecule has 0 fully saturated rings. The first-order chi connectivity index (χ1) is 12.6. The van der Waals surface area contributed by atoms with Gasteiger partial charge in [0.1, 0.15) is 0 Å². The monoisotopic (exact) mass is 450 g/mol. The van der Waals surface area contributed by atoms with Crippen molar-refractivity contribution in [2.75, 3.05) is 19.1 Å². The van der Waals surface area contributed by atoms with Gasteiger partial charge in [0.05, 0.1) is 16.1 Å². The zero-order valence-corrected chi connectivity index (χ0v) is 20.8. The average Bonchev–Trinajstić information content (AvgIpc) is 2.58. The number of hydrogen-bond donors (Lipinski definition) is 0. The SMILES string of the molecule is CSC(CC(CCCCOS(=O)(=O)c1ccc(C)cc1)O[Si](C)(C)C)SC. The van der Waals surface area contributed by atoms with E-state index in [9.17, 15) is 8.42 Å². The second-order valence-electron chi connectivity index (χ2n) is 7.57. The fraction of sp³-hybridized carbons (Fsp3) is 0.684. The highest BCUT2D eigenvalue weighted by Gasteiger charge is 2.23. The van der Waals surface area contributed by atoms with Crippen molar-refractivity contribution in [2.24, 2.45) is 0 Å². The summed E-state index contributed by atoms with van der Waals surface area (Å²) in [6, 6.07) is 6.74. The minimum atomic E-state index is -3.66. The van der Waals surface area contributed by atoms with Crippen molar-refractivity contribution in [2.45, 2.75) is 67.8 Å². The van der Waals surface area contributed by atoms with Gasteiger partial charge in [0, 0.05) is 6.10 Å². The Morgan fingerprint density at radius 2 is 1.63 bits per heavy atom. The van der Waals surface area contributed by atoms with Crippen LogP contribution in [0.25, 0.3) is 0 Å². The highest BCUT2D eigenvalue weighted by Crippen LogP contribution is 2.28. The van der Waals surface area contributed by atoms with Crippen molar-refractivity contribution in [3.8, 4) is 0 Å². The summed E-state index contributed by atoms with van der Waals surface area (Å²) in [6.07, 6.45) is 8.07. The van der Waals surface area contributed by atoms with Gasteiger partial charge in [-0.1, -0.05) is 17.7 Å². The van der Waals surface area contributed by atoms with Gasteiger partial charge in [0.25, 0.3) is 10.1 Å². The molecule has 0 heterocycles. The first-order valence-electron chi connectivity index (χ1n) is 9.27. The lowest BCUT2D eigenvalue weighted by atomic mass is 10.1. The summed E-state index contributed by atoms with van der Waals surface area (Å²) in [5.41, 5.74) is 1.02. The van der Waals surface area contributed by atoms with Crippen LogP contribution in [0.1, 0.15) is 31.2 Å². The fourth-order valence-corrected chi connectivity index (χ4v) is 6.38. The van der Waals surface area contributed by atoms with E-state index in [0.29, 0.717) is 11.0 Å². The Balaban J connectivity index is 2.47. The third kappa shape index (κ3) is 10.4. The summed E-state index contributed by atoms with van der Waals surface area (Å²) in [4.78, 5) is 0.218. The second-order valence-corrected chi connectivity index (χ2v) is 16.0. The van der Waals surface area contributed by atoms with E-state index in [0.717, 1.165) is 24.8 Å². The molecular weight excluding hydrogens is 416 g/mol. The Kier molecular flexibility index (Phi) is 11.0. The quantitative estimate of drug-likeness (QED) is 0.170.